The van der Waals surface area contributed by atoms with Crippen molar-refractivity contribution >= 4 is 17.5 Å². The molecule has 1 saturated carbocycles. The number of carbonyl (C=O) groups is 1. The molecule has 0 radical (unpaired) electrons. The van der Waals surface area contributed by atoms with E-state index in [2.05, 4.69) is 0 Å². The molecule has 2 N–H and O–H groups in total. The van der Waals surface area contributed by atoms with Gasteiger partial charge in [0.05, 0.1) is 0 Å². The maximum absolute atomic E-state index is 12.6. The van der Waals surface area contributed by atoms with E-state index in [0.717, 1.165) is 19.5 Å². The van der Waals surface area contributed by atoms with Crippen molar-refractivity contribution in [3.8, 4) is 5.75 Å². The molecule has 0 bridgehead atoms. The van der Waals surface area contributed by atoms with Gasteiger partial charge in [-0.15, -0.1) is 0 Å². The van der Waals surface area contributed by atoms with Crippen molar-refractivity contribution in [2.45, 2.75) is 38.3 Å². The van der Waals surface area contributed by atoms with E-state index in [1.54, 1.807) is 19.1 Å². The average molecular weight is 323 g/mol. The number of likely N-dealkylation sites (tertiary alicyclic amines) is 1. The van der Waals surface area contributed by atoms with Crippen LogP contribution in [0.1, 0.15) is 26.2 Å². The largest absolute Gasteiger partial charge is 0.481 e. The summed E-state index contributed by atoms with van der Waals surface area (Å²) in [5.74, 6) is 1.69. The first-order valence-corrected chi connectivity index (χ1v) is 8.39. The van der Waals surface area contributed by atoms with Crippen LogP contribution in [0.25, 0.3) is 0 Å². The van der Waals surface area contributed by atoms with Crippen LogP contribution in [0.5, 0.6) is 5.75 Å². The van der Waals surface area contributed by atoms with Crippen molar-refractivity contribution in [3.05, 3.63) is 29.3 Å². The van der Waals surface area contributed by atoms with E-state index in [1.165, 1.54) is 12.8 Å². The van der Waals surface area contributed by atoms with Crippen LogP contribution in [0.4, 0.5) is 0 Å². The van der Waals surface area contributed by atoms with Crippen molar-refractivity contribution in [3.63, 3.8) is 0 Å². The lowest BCUT2D eigenvalue weighted by atomic mass is 9.78. The van der Waals surface area contributed by atoms with Gasteiger partial charge in [0.1, 0.15) is 5.75 Å². The minimum atomic E-state index is -0.505. The minimum absolute atomic E-state index is 0.0431. The highest BCUT2D eigenvalue weighted by molar-refractivity contribution is 6.30. The molecule has 1 aromatic carbocycles. The molecule has 0 aromatic heterocycles. The summed E-state index contributed by atoms with van der Waals surface area (Å²) < 4.78 is 5.74. The Morgan fingerprint density at radius 3 is 2.95 bits per heavy atom. The fourth-order valence-corrected chi connectivity index (χ4v) is 3.93. The summed E-state index contributed by atoms with van der Waals surface area (Å²) in [4.78, 5) is 14.5. The lowest BCUT2D eigenvalue weighted by Gasteiger charge is -2.29. The molecule has 3 rings (SSSR count). The standard InChI is InChI=1S/C17H23ClN2O2/c1-11(22-14-6-3-5-13(18)8-14)17(21)20-9-12-4-2-7-16(19)15(12)10-20/h3,5-6,8,11-12,15-16H,2,4,7,9-10,19H2,1H3. The highest BCUT2D eigenvalue weighted by Crippen LogP contribution is 2.35. The minimum Gasteiger partial charge on any atom is -0.481 e. The second-order valence-corrected chi connectivity index (χ2v) is 6.92. The van der Waals surface area contributed by atoms with Gasteiger partial charge in [-0.1, -0.05) is 24.1 Å². The van der Waals surface area contributed by atoms with Crippen LogP contribution in [0, 0.1) is 11.8 Å². The number of amides is 1. The molecule has 1 aliphatic carbocycles. The summed E-state index contributed by atoms with van der Waals surface area (Å²) in [7, 11) is 0. The number of carbonyl (C=O) groups excluding carboxylic acids is 1. The zero-order chi connectivity index (χ0) is 15.7. The van der Waals surface area contributed by atoms with Gasteiger partial charge in [0.2, 0.25) is 0 Å². The van der Waals surface area contributed by atoms with E-state index in [1.807, 2.05) is 17.0 Å². The van der Waals surface area contributed by atoms with Crippen molar-refractivity contribution < 1.29 is 9.53 Å². The molecule has 0 spiro atoms. The molecule has 1 aliphatic heterocycles. The average Bonchev–Trinajstić information content (AvgIpc) is 2.92. The van der Waals surface area contributed by atoms with Crippen LogP contribution in [0.2, 0.25) is 5.02 Å². The summed E-state index contributed by atoms with van der Waals surface area (Å²) in [6, 6.07) is 7.38. The molecule has 1 amide bonds. The summed E-state index contributed by atoms with van der Waals surface area (Å²) in [5, 5.41) is 0.607. The topological polar surface area (TPSA) is 55.6 Å². The first-order chi connectivity index (χ1) is 10.5. The number of halogens is 1. The molecular formula is C17H23ClN2O2. The third-order valence-corrected chi connectivity index (χ3v) is 5.16. The number of nitrogens with zero attached hydrogens (tertiary/aromatic N) is 1. The molecular weight excluding hydrogens is 300 g/mol. The van der Waals surface area contributed by atoms with Gasteiger partial charge in [0, 0.05) is 24.2 Å². The van der Waals surface area contributed by atoms with Crippen LogP contribution in [0.3, 0.4) is 0 Å². The SMILES string of the molecule is CC(Oc1cccc(Cl)c1)C(=O)N1CC2CCCC(N)C2C1. The van der Waals surface area contributed by atoms with Crippen LogP contribution < -0.4 is 10.5 Å². The second-order valence-electron chi connectivity index (χ2n) is 6.48. The first-order valence-electron chi connectivity index (χ1n) is 8.01. The molecule has 2 fully saturated rings. The molecule has 2 aliphatic rings. The smallest absolute Gasteiger partial charge is 0.263 e. The fourth-order valence-electron chi connectivity index (χ4n) is 3.75. The number of hydrogen-bond acceptors (Lipinski definition) is 3. The monoisotopic (exact) mass is 322 g/mol. The summed E-state index contributed by atoms with van der Waals surface area (Å²) in [6.45, 7) is 3.39. The lowest BCUT2D eigenvalue weighted by molar-refractivity contribution is -0.137. The molecule has 22 heavy (non-hydrogen) atoms. The van der Waals surface area contributed by atoms with Crippen LogP contribution in [-0.4, -0.2) is 36.0 Å². The zero-order valence-electron chi connectivity index (χ0n) is 12.9. The van der Waals surface area contributed by atoms with Gasteiger partial charge in [0.15, 0.2) is 6.10 Å². The Kier molecular flexibility index (Phi) is 4.59. The zero-order valence-corrected chi connectivity index (χ0v) is 13.6. The molecule has 5 heteroatoms. The molecule has 4 nitrogen and oxygen atoms in total. The molecule has 1 heterocycles. The maximum atomic E-state index is 12.6. The maximum Gasteiger partial charge on any atom is 0.263 e. The van der Waals surface area contributed by atoms with Crippen molar-refractivity contribution in [1.29, 1.82) is 0 Å². The van der Waals surface area contributed by atoms with E-state index in [-0.39, 0.29) is 11.9 Å². The second kappa shape index (κ2) is 6.47. The number of ether oxygens (including phenoxy) is 1. The number of nitrogens with two attached hydrogens (primary N) is 1. The molecule has 4 unspecified atom stereocenters. The number of fused-ring (bicyclic) bond motifs is 1. The van der Waals surface area contributed by atoms with Crippen molar-refractivity contribution in [2.24, 2.45) is 17.6 Å². The highest BCUT2D eigenvalue weighted by atomic mass is 35.5. The van der Waals surface area contributed by atoms with Crippen molar-refractivity contribution in [2.75, 3.05) is 13.1 Å². The first kappa shape index (κ1) is 15.6. The highest BCUT2D eigenvalue weighted by Gasteiger charge is 2.41. The number of hydrogen-bond donors (Lipinski definition) is 1. The Morgan fingerprint density at radius 1 is 1.41 bits per heavy atom. The van der Waals surface area contributed by atoms with Gasteiger partial charge in [-0.25, -0.2) is 0 Å². The van der Waals surface area contributed by atoms with E-state index < -0.39 is 6.10 Å². The van der Waals surface area contributed by atoms with Gasteiger partial charge < -0.3 is 15.4 Å². The molecule has 1 aromatic rings. The summed E-state index contributed by atoms with van der Waals surface area (Å²) in [5.41, 5.74) is 6.21. The van der Waals surface area contributed by atoms with Crippen molar-refractivity contribution in [1.82, 2.24) is 4.90 Å². The van der Waals surface area contributed by atoms with Gasteiger partial charge in [-0.05, 0) is 49.8 Å². The van der Waals surface area contributed by atoms with Gasteiger partial charge in [-0.2, -0.15) is 0 Å². The molecule has 4 atom stereocenters. The van der Waals surface area contributed by atoms with Crippen LogP contribution in [-0.2, 0) is 4.79 Å². The third-order valence-electron chi connectivity index (χ3n) is 4.92. The van der Waals surface area contributed by atoms with Gasteiger partial charge in [-0.3, -0.25) is 4.79 Å². The van der Waals surface area contributed by atoms with Gasteiger partial charge >= 0.3 is 0 Å². The van der Waals surface area contributed by atoms with E-state index in [4.69, 9.17) is 22.1 Å². The Labute approximate surface area is 136 Å². The Hall–Kier alpha value is -1.26. The van der Waals surface area contributed by atoms with E-state index in [9.17, 15) is 4.79 Å². The van der Waals surface area contributed by atoms with Crippen LogP contribution in [0.15, 0.2) is 24.3 Å². The summed E-state index contributed by atoms with van der Waals surface area (Å²) in [6.07, 6.45) is 2.94. The Balaban J connectivity index is 1.61. The third kappa shape index (κ3) is 3.23. The molecule has 120 valence electrons. The van der Waals surface area contributed by atoms with Crippen LogP contribution >= 0.6 is 11.6 Å². The Bertz CT molecular complexity index is 551. The predicted molar refractivity (Wildman–Crippen MR) is 86.9 cm³/mol. The van der Waals surface area contributed by atoms with E-state index >= 15 is 0 Å². The predicted octanol–water partition coefficient (Wildman–Crippen LogP) is 2.69. The van der Waals surface area contributed by atoms with Gasteiger partial charge in [0.25, 0.3) is 5.91 Å². The lowest BCUT2D eigenvalue weighted by Crippen LogP contribution is -2.41. The fraction of sp³-hybridized carbons (Fsp3) is 0.588. The Morgan fingerprint density at radius 2 is 2.23 bits per heavy atom. The molecule has 1 saturated heterocycles. The number of rotatable bonds is 3. The quantitative estimate of drug-likeness (QED) is 0.931. The van der Waals surface area contributed by atoms with E-state index in [0.29, 0.717) is 22.6 Å². The summed E-state index contributed by atoms with van der Waals surface area (Å²) >= 11 is 5.94. The normalized spacial score (nSPS) is 29.0. The number of benzene rings is 1.